The first-order valence-electron chi connectivity index (χ1n) is 10.5. The number of hydrogen-bond acceptors (Lipinski definition) is 6. The van der Waals surface area contributed by atoms with Crippen LogP contribution < -0.4 is 9.47 Å². The van der Waals surface area contributed by atoms with E-state index in [1.165, 1.54) is 15.6 Å². The number of thiophene rings is 1. The molecule has 2 unspecified atom stereocenters. The smallest absolute Gasteiger partial charge is 0.252 e. The SMILES string of the molecule is COc1ccc(C2CCCN2C(=O)C2CCCN(S(=O)(=O)c3cccs3)C2)c(OC)c1. The van der Waals surface area contributed by atoms with Crippen LogP contribution in [0.1, 0.15) is 37.3 Å². The molecule has 1 amide bonds. The number of amides is 1. The standard InChI is InChI=1S/C22H28N2O5S2/c1-28-17-9-10-18(20(14-17)29-2)19-7-4-12-24(19)22(25)16-6-3-11-23(15-16)31(26,27)21-8-5-13-30-21/h5,8-10,13-14,16,19H,3-4,6-7,11-12,15H2,1-2H3. The molecule has 2 atom stereocenters. The van der Waals surface area contributed by atoms with Crippen molar-refractivity contribution in [3.8, 4) is 11.5 Å². The maximum Gasteiger partial charge on any atom is 0.252 e. The van der Waals surface area contributed by atoms with Gasteiger partial charge >= 0.3 is 0 Å². The normalized spacial score (nSPS) is 22.5. The molecular formula is C22H28N2O5S2. The molecule has 3 heterocycles. The first-order chi connectivity index (χ1) is 15.0. The molecule has 2 aromatic rings. The predicted molar refractivity (Wildman–Crippen MR) is 119 cm³/mol. The number of carbonyl (C=O) groups is 1. The Kier molecular flexibility index (Phi) is 6.55. The fraction of sp³-hybridized carbons (Fsp3) is 0.500. The second-order valence-electron chi connectivity index (χ2n) is 7.93. The highest BCUT2D eigenvalue weighted by Crippen LogP contribution is 2.40. The van der Waals surface area contributed by atoms with E-state index in [0.717, 1.165) is 18.4 Å². The van der Waals surface area contributed by atoms with Crippen LogP contribution in [0.4, 0.5) is 0 Å². The van der Waals surface area contributed by atoms with Gasteiger partial charge in [0.1, 0.15) is 15.7 Å². The number of benzene rings is 1. The number of carbonyl (C=O) groups excluding carboxylic acids is 1. The highest BCUT2D eigenvalue weighted by molar-refractivity contribution is 7.91. The van der Waals surface area contributed by atoms with E-state index in [1.54, 1.807) is 31.7 Å². The van der Waals surface area contributed by atoms with Gasteiger partial charge in [-0.05, 0) is 49.3 Å². The minimum atomic E-state index is -3.55. The molecule has 0 saturated carbocycles. The molecule has 168 valence electrons. The average Bonchev–Trinajstić information content (AvgIpc) is 3.51. The van der Waals surface area contributed by atoms with Crippen LogP contribution in [0, 0.1) is 5.92 Å². The third-order valence-corrected chi connectivity index (χ3v) is 9.40. The van der Waals surface area contributed by atoms with E-state index in [-0.39, 0.29) is 24.4 Å². The molecule has 2 aliphatic rings. The fourth-order valence-electron chi connectivity index (χ4n) is 4.58. The van der Waals surface area contributed by atoms with E-state index in [4.69, 9.17) is 9.47 Å². The lowest BCUT2D eigenvalue weighted by molar-refractivity contribution is -0.137. The van der Waals surface area contributed by atoms with E-state index < -0.39 is 10.0 Å². The molecule has 0 spiro atoms. The minimum Gasteiger partial charge on any atom is -0.497 e. The van der Waals surface area contributed by atoms with Gasteiger partial charge in [-0.2, -0.15) is 4.31 Å². The maximum atomic E-state index is 13.5. The summed E-state index contributed by atoms with van der Waals surface area (Å²) in [6.07, 6.45) is 3.16. The van der Waals surface area contributed by atoms with Crippen LogP contribution in [0.2, 0.25) is 0 Å². The molecular weight excluding hydrogens is 436 g/mol. The molecule has 2 fully saturated rings. The van der Waals surface area contributed by atoms with Crippen molar-refractivity contribution in [3.63, 3.8) is 0 Å². The van der Waals surface area contributed by atoms with Crippen molar-refractivity contribution in [3.05, 3.63) is 41.3 Å². The van der Waals surface area contributed by atoms with Crippen molar-refractivity contribution in [1.82, 2.24) is 9.21 Å². The molecule has 2 aliphatic heterocycles. The monoisotopic (exact) mass is 464 g/mol. The van der Waals surface area contributed by atoms with Gasteiger partial charge in [0.2, 0.25) is 5.91 Å². The summed E-state index contributed by atoms with van der Waals surface area (Å²) in [6.45, 7) is 1.37. The Labute approximate surface area is 187 Å². The number of rotatable bonds is 6. The third kappa shape index (κ3) is 4.31. The van der Waals surface area contributed by atoms with Crippen molar-refractivity contribution in [1.29, 1.82) is 0 Å². The number of nitrogens with zero attached hydrogens (tertiary/aromatic N) is 2. The molecule has 0 bridgehead atoms. The van der Waals surface area contributed by atoms with Crippen molar-refractivity contribution in [2.24, 2.45) is 5.92 Å². The van der Waals surface area contributed by atoms with Gasteiger partial charge in [0.05, 0.1) is 26.2 Å². The Bertz CT molecular complexity index is 1020. The van der Waals surface area contributed by atoms with Gasteiger partial charge in [0, 0.05) is 31.3 Å². The lowest BCUT2D eigenvalue weighted by atomic mass is 9.96. The quantitative estimate of drug-likeness (QED) is 0.654. The second kappa shape index (κ2) is 9.18. The van der Waals surface area contributed by atoms with Gasteiger partial charge < -0.3 is 14.4 Å². The highest BCUT2D eigenvalue weighted by Gasteiger charge is 2.39. The van der Waals surface area contributed by atoms with Crippen molar-refractivity contribution >= 4 is 27.3 Å². The molecule has 0 aliphatic carbocycles. The van der Waals surface area contributed by atoms with Gasteiger partial charge in [-0.25, -0.2) is 8.42 Å². The second-order valence-corrected chi connectivity index (χ2v) is 11.0. The van der Waals surface area contributed by atoms with E-state index in [1.807, 2.05) is 23.1 Å². The number of sulfonamides is 1. The summed E-state index contributed by atoms with van der Waals surface area (Å²) >= 11 is 1.21. The Morgan fingerprint density at radius 2 is 1.90 bits per heavy atom. The summed E-state index contributed by atoms with van der Waals surface area (Å²) in [5.74, 6) is 1.12. The molecule has 4 rings (SSSR count). The lowest BCUT2D eigenvalue weighted by Gasteiger charge is -2.35. The number of hydrogen-bond donors (Lipinski definition) is 0. The zero-order chi connectivity index (χ0) is 22.0. The fourth-order valence-corrected chi connectivity index (χ4v) is 7.25. The average molecular weight is 465 g/mol. The van der Waals surface area contributed by atoms with Crippen LogP contribution in [0.15, 0.2) is 39.9 Å². The van der Waals surface area contributed by atoms with Crippen LogP contribution in [0.5, 0.6) is 11.5 Å². The van der Waals surface area contributed by atoms with Crippen LogP contribution in [-0.2, 0) is 14.8 Å². The van der Waals surface area contributed by atoms with Gasteiger partial charge in [-0.3, -0.25) is 4.79 Å². The van der Waals surface area contributed by atoms with Gasteiger partial charge in [-0.15, -0.1) is 11.3 Å². The number of piperidine rings is 1. The summed E-state index contributed by atoms with van der Waals surface area (Å²) in [7, 11) is -0.317. The van der Waals surface area contributed by atoms with Gasteiger partial charge in [-0.1, -0.05) is 6.07 Å². The van der Waals surface area contributed by atoms with E-state index in [2.05, 4.69) is 0 Å². The Balaban J connectivity index is 1.53. The molecule has 7 nitrogen and oxygen atoms in total. The summed E-state index contributed by atoms with van der Waals surface area (Å²) in [4.78, 5) is 15.4. The molecule has 9 heteroatoms. The summed E-state index contributed by atoms with van der Waals surface area (Å²) in [6, 6.07) is 8.97. The summed E-state index contributed by atoms with van der Waals surface area (Å²) in [5, 5.41) is 1.76. The summed E-state index contributed by atoms with van der Waals surface area (Å²) < 4.78 is 38.6. The molecule has 2 saturated heterocycles. The molecule has 31 heavy (non-hydrogen) atoms. The number of ether oxygens (including phenoxy) is 2. The van der Waals surface area contributed by atoms with E-state index in [9.17, 15) is 13.2 Å². The molecule has 1 aromatic heterocycles. The Morgan fingerprint density at radius 3 is 2.61 bits per heavy atom. The Hall–Kier alpha value is -2.10. The lowest BCUT2D eigenvalue weighted by Crippen LogP contribution is -2.46. The van der Waals surface area contributed by atoms with Gasteiger partial charge in [0.25, 0.3) is 10.0 Å². The van der Waals surface area contributed by atoms with E-state index >= 15 is 0 Å². The minimum absolute atomic E-state index is 0.0338. The largest absolute Gasteiger partial charge is 0.497 e. The van der Waals surface area contributed by atoms with Crippen molar-refractivity contribution in [2.45, 2.75) is 35.9 Å². The van der Waals surface area contributed by atoms with Crippen molar-refractivity contribution in [2.75, 3.05) is 33.9 Å². The third-order valence-electron chi connectivity index (χ3n) is 6.16. The zero-order valence-corrected chi connectivity index (χ0v) is 19.5. The highest BCUT2D eigenvalue weighted by atomic mass is 32.2. The molecule has 0 N–H and O–H groups in total. The van der Waals surface area contributed by atoms with Crippen LogP contribution in [0.3, 0.4) is 0 Å². The van der Waals surface area contributed by atoms with E-state index in [0.29, 0.717) is 41.6 Å². The Morgan fingerprint density at radius 1 is 1.10 bits per heavy atom. The van der Waals surface area contributed by atoms with Crippen LogP contribution >= 0.6 is 11.3 Å². The van der Waals surface area contributed by atoms with Crippen LogP contribution in [-0.4, -0.2) is 57.4 Å². The first-order valence-corrected chi connectivity index (χ1v) is 12.8. The first kappa shape index (κ1) is 22.1. The van der Waals surface area contributed by atoms with Crippen molar-refractivity contribution < 1.29 is 22.7 Å². The van der Waals surface area contributed by atoms with Crippen LogP contribution in [0.25, 0.3) is 0 Å². The number of methoxy groups -OCH3 is 2. The zero-order valence-electron chi connectivity index (χ0n) is 17.8. The topological polar surface area (TPSA) is 76.2 Å². The molecule has 1 aromatic carbocycles. The summed E-state index contributed by atoms with van der Waals surface area (Å²) in [5.41, 5.74) is 0.966. The van der Waals surface area contributed by atoms with Gasteiger partial charge in [0.15, 0.2) is 0 Å². The maximum absolute atomic E-state index is 13.5. The number of likely N-dealkylation sites (tertiary alicyclic amines) is 1. The predicted octanol–water partition coefficient (Wildman–Crippen LogP) is 3.53. The molecule has 0 radical (unpaired) electrons.